The van der Waals surface area contributed by atoms with Crippen molar-refractivity contribution >= 4 is 20.8 Å². The first-order chi connectivity index (χ1) is 7.42. The molecule has 1 heterocycles. The van der Waals surface area contributed by atoms with E-state index in [2.05, 4.69) is 5.32 Å². The first kappa shape index (κ1) is 14.1. The zero-order valence-corrected chi connectivity index (χ0v) is 11.4. The second kappa shape index (κ2) is 6.09. The molecule has 7 heteroatoms. The maximum atomic E-state index is 11.5. The van der Waals surface area contributed by atoms with E-state index in [1.165, 1.54) is 4.31 Å². The average Bonchev–Trinajstić information content (AvgIpc) is 2.20. The highest BCUT2D eigenvalue weighted by Crippen LogP contribution is 2.08. The molecule has 0 bridgehead atoms. The molecule has 0 amide bonds. The van der Waals surface area contributed by atoms with Gasteiger partial charge in [-0.15, -0.1) is 0 Å². The number of sulfonamides is 1. The molecular formula is C9H20N2O3S2. The van der Waals surface area contributed by atoms with Gasteiger partial charge in [0, 0.05) is 49.0 Å². The molecule has 1 saturated heterocycles. The van der Waals surface area contributed by atoms with Gasteiger partial charge in [0.15, 0.2) is 0 Å². The van der Waals surface area contributed by atoms with Crippen LogP contribution in [-0.2, 0) is 20.8 Å². The third-order valence-electron chi connectivity index (χ3n) is 2.74. The van der Waals surface area contributed by atoms with E-state index in [0.29, 0.717) is 12.6 Å². The Labute approximate surface area is 100 Å². The maximum absolute atomic E-state index is 11.5. The topological polar surface area (TPSA) is 66.5 Å². The van der Waals surface area contributed by atoms with Crippen LogP contribution in [0, 0.1) is 0 Å². The minimum Gasteiger partial charge on any atom is -0.313 e. The van der Waals surface area contributed by atoms with Crippen molar-refractivity contribution in [3.8, 4) is 0 Å². The summed E-state index contributed by atoms with van der Waals surface area (Å²) in [6.45, 7) is 0.470. The summed E-state index contributed by atoms with van der Waals surface area (Å²) >= 11 is 0. The molecule has 1 fully saturated rings. The van der Waals surface area contributed by atoms with Gasteiger partial charge in [0.05, 0.1) is 5.75 Å². The van der Waals surface area contributed by atoms with E-state index in [4.69, 9.17) is 0 Å². The van der Waals surface area contributed by atoms with Crippen molar-refractivity contribution in [1.82, 2.24) is 9.62 Å². The van der Waals surface area contributed by atoms with Crippen LogP contribution in [0.15, 0.2) is 0 Å². The summed E-state index contributed by atoms with van der Waals surface area (Å²) in [6, 6.07) is 0.329. The van der Waals surface area contributed by atoms with Crippen LogP contribution in [-0.4, -0.2) is 60.9 Å². The molecule has 16 heavy (non-hydrogen) atoms. The van der Waals surface area contributed by atoms with Gasteiger partial charge in [0.25, 0.3) is 0 Å². The maximum Gasteiger partial charge on any atom is 0.214 e. The molecule has 96 valence electrons. The van der Waals surface area contributed by atoms with Crippen LogP contribution >= 0.6 is 0 Å². The lowest BCUT2D eigenvalue weighted by atomic mass is 10.1. The zero-order chi connectivity index (χ0) is 12.2. The third kappa shape index (κ3) is 4.48. The van der Waals surface area contributed by atoms with Gasteiger partial charge < -0.3 is 5.32 Å². The summed E-state index contributed by atoms with van der Waals surface area (Å²) in [6.07, 6.45) is 1.77. The lowest BCUT2D eigenvalue weighted by Gasteiger charge is -2.22. The molecule has 5 nitrogen and oxygen atoms in total. The third-order valence-corrected chi connectivity index (χ3v) is 5.95. The smallest absolute Gasteiger partial charge is 0.214 e. The lowest BCUT2D eigenvalue weighted by molar-refractivity contribution is 0.479. The van der Waals surface area contributed by atoms with Gasteiger partial charge in [-0.2, -0.15) is 0 Å². The highest BCUT2D eigenvalue weighted by atomic mass is 32.2. The van der Waals surface area contributed by atoms with Gasteiger partial charge >= 0.3 is 0 Å². The van der Waals surface area contributed by atoms with Gasteiger partial charge in [-0.3, -0.25) is 4.21 Å². The van der Waals surface area contributed by atoms with Crippen molar-refractivity contribution in [2.45, 2.75) is 18.9 Å². The van der Waals surface area contributed by atoms with Crippen molar-refractivity contribution in [2.75, 3.05) is 37.9 Å². The second-order valence-electron chi connectivity index (χ2n) is 4.17. The predicted octanol–water partition coefficient (Wildman–Crippen LogP) is -0.621. The van der Waals surface area contributed by atoms with E-state index >= 15 is 0 Å². The molecule has 0 unspecified atom stereocenters. The standard InChI is InChI=1S/C9H20N2O3S2/c1-11(2)16(13,14)8-5-10-9-3-6-15(12)7-4-9/h9-10H,3-8H2,1-2H3. The van der Waals surface area contributed by atoms with Crippen LogP contribution < -0.4 is 5.32 Å². The summed E-state index contributed by atoms with van der Waals surface area (Å²) in [5.74, 6) is 1.59. The Morgan fingerprint density at radius 1 is 1.31 bits per heavy atom. The minimum absolute atomic E-state index is 0.125. The van der Waals surface area contributed by atoms with Gasteiger partial charge in [-0.05, 0) is 12.8 Å². The number of hydrogen-bond donors (Lipinski definition) is 1. The molecular weight excluding hydrogens is 248 g/mol. The fraction of sp³-hybridized carbons (Fsp3) is 1.00. The molecule has 0 saturated carbocycles. The lowest BCUT2D eigenvalue weighted by Crippen LogP contribution is -2.39. The van der Waals surface area contributed by atoms with Crippen molar-refractivity contribution < 1.29 is 12.6 Å². The molecule has 0 aliphatic carbocycles. The van der Waals surface area contributed by atoms with Crippen molar-refractivity contribution in [3.05, 3.63) is 0 Å². The summed E-state index contributed by atoms with van der Waals surface area (Å²) in [4.78, 5) is 0. The van der Waals surface area contributed by atoms with Crippen LogP contribution in [0.4, 0.5) is 0 Å². The van der Waals surface area contributed by atoms with Gasteiger partial charge in [0.1, 0.15) is 0 Å². The quantitative estimate of drug-likeness (QED) is 0.721. The van der Waals surface area contributed by atoms with Crippen LogP contribution in [0.2, 0.25) is 0 Å². The fourth-order valence-corrected chi connectivity index (χ4v) is 3.61. The molecule has 0 atom stereocenters. The number of nitrogens with one attached hydrogen (secondary N) is 1. The molecule has 0 spiro atoms. The summed E-state index contributed by atoms with van der Waals surface area (Å²) in [7, 11) is -0.675. The van der Waals surface area contributed by atoms with E-state index in [1.54, 1.807) is 14.1 Å². The van der Waals surface area contributed by atoms with Crippen LogP contribution in [0.3, 0.4) is 0 Å². The highest BCUT2D eigenvalue weighted by Gasteiger charge is 2.18. The van der Waals surface area contributed by atoms with E-state index in [0.717, 1.165) is 24.3 Å². The number of nitrogens with zero attached hydrogens (tertiary/aromatic N) is 1. The van der Waals surface area contributed by atoms with E-state index in [1.807, 2.05) is 0 Å². The van der Waals surface area contributed by atoms with Gasteiger partial charge in [-0.25, -0.2) is 12.7 Å². The van der Waals surface area contributed by atoms with Crippen LogP contribution in [0.1, 0.15) is 12.8 Å². The largest absolute Gasteiger partial charge is 0.313 e. The fourth-order valence-electron chi connectivity index (χ4n) is 1.57. The van der Waals surface area contributed by atoms with Crippen molar-refractivity contribution in [2.24, 2.45) is 0 Å². The second-order valence-corrected chi connectivity index (χ2v) is 8.17. The van der Waals surface area contributed by atoms with Gasteiger partial charge in [0.2, 0.25) is 10.0 Å². The van der Waals surface area contributed by atoms with E-state index < -0.39 is 20.8 Å². The Hall–Kier alpha value is 0.0200. The van der Waals surface area contributed by atoms with Crippen molar-refractivity contribution in [3.63, 3.8) is 0 Å². The molecule has 1 rings (SSSR count). The molecule has 1 N–H and O–H groups in total. The molecule has 0 aromatic carbocycles. The van der Waals surface area contributed by atoms with Crippen LogP contribution in [0.5, 0.6) is 0 Å². The van der Waals surface area contributed by atoms with E-state index in [9.17, 15) is 12.6 Å². The first-order valence-corrected chi connectivity index (χ1v) is 8.50. The van der Waals surface area contributed by atoms with E-state index in [-0.39, 0.29) is 5.75 Å². The average molecular weight is 268 g/mol. The van der Waals surface area contributed by atoms with Crippen molar-refractivity contribution in [1.29, 1.82) is 0 Å². The SMILES string of the molecule is CN(C)S(=O)(=O)CCNC1CCS(=O)CC1. The Balaban J connectivity index is 2.23. The molecule has 0 radical (unpaired) electrons. The Kier molecular flexibility index (Phi) is 5.36. The molecule has 0 aromatic rings. The minimum atomic E-state index is -3.10. The van der Waals surface area contributed by atoms with Crippen LogP contribution in [0.25, 0.3) is 0 Å². The highest BCUT2D eigenvalue weighted by molar-refractivity contribution is 7.89. The predicted molar refractivity (Wildman–Crippen MR) is 66.4 cm³/mol. The first-order valence-electron chi connectivity index (χ1n) is 5.40. The van der Waals surface area contributed by atoms with Gasteiger partial charge in [-0.1, -0.05) is 0 Å². The summed E-state index contributed by atoms with van der Waals surface area (Å²) < 4.78 is 35.3. The summed E-state index contributed by atoms with van der Waals surface area (Å²) in [5, 5.41) is 3.21. The zero-order valence-electron chi connectivity index (χ0n) is 9.81. The molecule has 0 aromatic heterocycles. The normalized spacial score (nSPS) is 27.2. The Bertz CT molecular complexity index is 331. The Morgan fingerprint density at radius 2 is 1.88 bits per heavy atom. The molecule has 1 aliphatic heterocycles. The monoisotopic (exact) mass is 268 g/mol. The molecule has 1 aliphatic rings. The number of hydrogen-bond acceptors (Lipinski definition) is 4. The summed E-state index contributed by atoms with van der Waals surface area (Å²) in [5.41, 5.74) is 0. The number of rotatable bonds is 5. The Morgan fingerprint density at radius 3 is 2.38 bits per heavy atom.